The molecule has 0 amide bonds. The highest BCUT2D eigenvalue weighted by molar-refractivity contribution is 5.65. The van der Waals surface area contributed by atoms with Crippen molar-refractivity contribution in [2.75, 3.05) is 5.73 Å². The molecule has 0 saturated heterocycles. The summed E-state index contributed by atoms with van der Waals surface area (Å²) >= 11 is 0. The van der Waals surface area contributed by atoms with E-state index in [4.69, 9.17) is 5.73 Å². The van der Waals surface area contributed by atoms with E-state index in [1.807, 2.05) is 25.1 Å². The van der Waals surface area contributed by atoms with Crippen molar-refractivity contribution in [3.05, 3.63) is 46.2 Å². The molecule has 0 aliphatic rings. The molecule has 0 bridgehead atoms. The van der Waals surface area contributed by atoms with Crippen LogP contribution < -0.4 is 11.3 Å². The van der Waals surface area contributed by atoms with Crippen molar-refractivity contribution in [3.63, 3.8) is 0 Å². The number of nitrogens with zero attached hydrogens (tertiary/aromatic N) is 2. The molecule has 1 heterocycles. The van der Waals surface area contributed by atoms with E-state index in [0.29, 0.717) is 0 Å². The summed E-state index contributed by atoms with van der Waals surface area (Å²) in [6.07, 6.45) is 0. The first kappa shape index (κ1) is 10.4. The highest BCUT2D eigenvalue weighted by Crippen LogP contribution is 2.20. The number of anilines is 1. The average Bonchev–Trinajstić information content (AvgIpc) is 2.26. The van der Waals surface area contributed by atoms with Crippen LogP contribution in [-0.4, -0.2) is 9.78 Å². The molecule has 2 aromatic rings. The summed E-state index contributed by atoms with van der Waals surface area (Å²) in [5.41, 5.74) is 9.13. The standard InChI is InChI=1S/C12H13N3O/c1-8-3-4-9(7-10(8)13)11-5-6-12(16)15(2)14-11/h3-7H,13H2,1-2H3. The first-order chi connectivity index (χ1) is 7.58. The van der Waals surface area contributed by atoms with Crippen LogP contribution in [0.15, 0.2) is 35.1 Å². The van der Waals surface area contributed by atoms with Gasteiger partial charge in [-0.1, -0.05) is 12.1 Å². The quantitative estimate of drug-likeness (QED) is 0.730. The van der Waals surface area contributed by atoms with E-state index in [1.165, 1.54) is 10.7 Å². The van der Waals surface area contributed by atoms with E-state index in [0.717, 1.165) is 22.5 Å². The number of aromatic nitrogens is 2. The fraction of sp³-hybridized carbons (Fsp3) is 0.167. The highest BCUT2D eigenvalue weighted by Gasteiger charge is 2.02. The zero-order chi connectivity index (χ0) is 11.7. The minimum atomic E-state index is -0.121. The van der Waals surface area contributed by atoms with Crippen molar-refractivity contribution < 1.29 is 0 Å². The molecule has 4 nitrogen and oxygen atoms in total. The Hall–Kier alpha value is -2.10. The van der Waals surface area contributed by atoms with E-state index in [1.54, 1.807) is 13.1 Å². The van der Waals surface area contributed by atoms with Crippen LogP contribution in [0.1, 0.15) is 5.56 Å². The zero-order valence-corrected chi connectivity index (χ0v) is 9.27. The summed E-state index contributed by atoms with van der Waals surface area (Å²) in [6, 6.07) is 8.95. The first-order valence-electron chi connectivity index (χ1n) is 4.99. The van der Waals surface area contributed by atoms with Gasteiger partial charge in [-0.2, -0.15) is 5.10 Å². The van der Waals surface area contributed by atoms with Gasteiger partial charge in [0.2, 0.25) is 0 Å². The van der Waals surface area contributed by atoms with E-state index < -0.39 is 0 Å². The average molecular weight is 215 g/mol. The van der Waals surface area contributed by atoms with E-state index in [9.17, 15) is 4.79 Å². The Balaban J connectivity index is 2.54. The van der Waals surface area contributed by atoms with Gasteiger partial charge < -0.3 is 5.73 Å². The molecule has 0 spiro atoms. The van der Waals surface area contributed by atoms with Gasteiger partial charge in [0.25, 0.3) is 5.56 Å². The van der Waals surface area contributed by atoms with E-state index in [-0.39, 0.29) is 5.56 Å². The maximum atomic E-state index is 11.2. The number of hydrogen-bond donors (Lipinski definition) is 1. The highest BCUT2D eigenvalue weighted by atomic mass is 16.1. The summed E-state index contributed by atoms with van der Waals surface area (Å²) < 4.78 is 1.31. The van der Waals surface area contributed by atoms with Crippen LogP contribution in [0, 0.1) is 6.92 Å². The van der Waals surface area contributed by atoms with Crippen LogP contribution in [-0.2, 0) is 7.05 Å². The molecule has 1 aromatic heterocycles. The first-order valence-corrected chi connectivity index (χ1v) is 4.99. The van der Waals surface area contributed by atoms with Crippen molar-refractivity contribution >= 4 is 5.69 Å². The molecule has 2 N–H and O–H groups in total. The third kappa shape index (κ3) is 1.82. The van der Waals surface area contributed by atoms with Crippen molar-refractivity contribution in [1.29, 1.82) is 0 Å². The van der Waals surface area contributed by atoms with Gasteiger partial charge in [0.15, 0.2) is 0 Å². The molecule has 0 saturated carbocycles. The summed E-state index contributed by atoms with van der Waals surface area (Å²) in [4.78, 5) is 11.2. The van der Waals surface area contributed by atoms with Crippen molar-refractivity contribution in [2.45, 2.75) is 6.92 Å². The normalized spacial score (nSPS) is 10.4. The van der Waals surface area contributed by atoms with Crippen LogP contribution in [0.4, 0.5) is 5.69 Å². The number of nitrogen functional groups attached to an aromatic ring is 1. The molecule has 0 fully saturated rings. The Labute approximate surface area is 93.3 Å². The van der Waals surface area contributed by atoms with Crippen molar-refractivity contribution in [3.8, 4) is 11.3 Å². The van der Waals surface area contributed by atoms with Gasteiger partial charge in [0, 0.05) is 24.4 Å². The van der Waals surface area contributed by atoms with Gasteiger partial charge in [0.05, 0.1) is 5.69 Å². The molecule has 0 unspecified atom stereocenters. The Morgan fingerprint density at radius 1 is 1.25 bits per heavy atom. The molecule has 16 heavy (non-hydrogen) atoms. The lowest BCUT2D eigenvalue weighted by molar-refractivity contribution is 0.712. The van der Waals surface area contributed by atoms with Gasteiger partial charge in [0.1, 0.15) is 0 Å². The van der Waals surface area contributed by atoms with Crippen LogP contribution in [0.5, 0.6) is 0 Å². The molecule has 82 valence electrons. The summed E-state index contributed by atoms with van der Waals surface area (Å²) in [5, 5.41) is 4.16. The summed E-state index contributed by atoms with van der Waals surface area (Å²) in [7, 11) is 1.63. The minimum absolute atomic E-state index is 0.121. The minimum Gasteiger partial charge on any atom is -0.398 e. The second-order valence-corrected chi connectivity index (χ2v) is 3.75. The monoisotopic (exact) mass is 215 g/mol. The SMILES string of the molecule is Cc1ccc(-c2ccc(=O)n(C)n2)cc1N. The van der Waals surface area contributed by atoms with Crippen LogP contribution in [0.25, 0.3) is 11.3 Å². The van der Waals surface area contributed by atoms with Crippen molar-refractivity contribution in [1.82, 2.24) is 9.78 Å². The maximum absolute atomic E-state index is 11.2. The van der Waals surface area contributed by atoms with Crippen LogP contribution >= 0.6 is 0 Å². The van der Waals surface area contributed by atoms with Crippen molar-refractivity contribution in [2.24, 2.45) is 7.05 Å². The third-order valence-corrected chi connectivity index (χ3v) is 2.54. The second-order valence-electron chi connectivity index (χ2n) is 3.75. The number of aryl methyl sites for hydroxylation is 2. The lowest BCUT2D eigenvalue weighted by atomic mass is 10.1. The fourth-order valence-electron chi connectivity index (χ4n) is 1.46. The number of benzene rings is 1. The predicted octanol–water partition coefficient (Wildman–Crippen LogP) is 1.34. The zero-order valence-electron chi connectivity index (χ0n) is 9.27. The number of nitrogens with two attached hydrogens (primary N) is 1. The molecule has 2 rings (SSSR count). The Bertz CT molecular complexity index is 587. The smallest absolute Gasteiger partial charge is 0.266 e. The van der Waals surface area contributed by atoms with Gasteiger partial charge in [-0.3, -0.25) is 4.79 Å². The summed E-state index contributed by atoms with van der Waals surface area (Å²) in [5.74, 6) is 0. The molecule has 1 aromatic carbocycles. The predicted molar refractivity (Wildman–Crippen MR) is 64.1 cm³/mol. The molecule has 0 aliphatic carbocycles. The Morgan fingerprint density at radius 3 is 2.62 bits per heavy atom. The largest absolute Gasteiger partial charge is 0.398 e. The lowest BCUT2D eigenvalue weighted by Gasteiger charge is -2.05. The van der Waals surface area contributed by atoms with E-state index in [2.05, 4.69) is 5.10 Å². The molecule has 0 atom stereocenters. The summed E-state index contributed by atoms with van der Waals surface area (Å²) in [6.45, 7) is 1.95. The fourth-order valence-corrected chi connectivity index (χ4v) is 1.46. The molecule has 0 radical (unpaired) electrons. The van der Waals surface area contributed by atoms with Gasteiger partial charge in [-0.25, -0.2) is 4.68 Å². The number of rotatable bonds is 1. The van der Waals surface area contributed by atoms with Gasteiger partial charge in [-0.05, 0) is 24.6 Å². The van der Waals surface area contributed by atoms with Crippen LogP contribution in [0.3, 0.4) is 0 Å². The lowest BCUT2D eigenvalue weighted by Crippen LogP contribution is -2.18. The topological polar surface area (TPSA) is 60.9 Å². The molecule has 0 aliphatic heterocycles. The Kier molecular flexibility index (Phi) is 2.48. The number of hydrogen-bond acceptors (Lipinski definition) is 3. The second kappa shape index (κ2) is 3.81. The van der Waals surface area contributed by atoms with E-state index >= 15 is 0 Å². The Morgan fingerprint density at radius 2 is 2.00 bits per heavy atom. The molecular weight excluding hydrogens is 202 g/mol. The van der Waals surface area contributed by atoms with Crippen LogP contribution in [0.2, 0.25) is 0 Å². The molecule has 4 heteroatoms. The third-order valence-electron chi connectivity index (χ3n) is 2.54. The maximum Gasteiger partial charge on any atom is 0.266 e. The molecular formula is C12H13N3O. The van der Waals surface area contributed by atoms with Gasteiger partial charge in [-0.15, -0.1) is 0 Å². The van der Waals surface area contributed by atoms with Gasteiger partial charge >= 0.3 is 0 Å².